The number of rotatable bonds is 2. The highest BCUT2D eigenvalue weighted by atomic mass is 16.4. The number of carboxylic acid groups (broad SMARTS) is 2. The fourth-order valence-corrected chi connectivity index (χ4v) is 3.99. The number of aromatic nitrogens is 2. The van der Waals surface area contributed by atoms with E-state index in [1.54, 1.807) is 0 Å². The van der Waals surface area contributed by atoms with Crippen molar-refractivity contribution < 1.29 is 19.8 Å². The Bertz CT molecular complexity index is 1240. The van der Waals surface area contributed by atoms with Crippen LogP contribution in [-0.2, 0) is 9.59 Å². The lowest BCUT2D eigenvalue weighted by atomic mass is 9.91. The molecule has 0 amide bonds. The molecule has 3 heterocycles. The van der Waals surface area contributed by atoms with Gasteiger partial charge in [0.1, 0.15) is 5.82 Å². The quantitative estimate of drug-likeness (QED) is 0.418. The van der Waals surface area contributed by atoms with Crippen LogP contribution in [0.3, 0.4) is 0 Å². The van der Waals surface area contributed by atoms with Gasteiger partial charge in [-0.1, -0.05) is 42.0 Å². The minimum atomic E-state index is -1.26. The lowest BCUT2D eigenvalue weighted by Crippen LogP contribution is -2.24. The van der Waals surface area contributed by atoms with Gasteiger partial charge in [-0.15, -0.1) is 0 Å². The standard InChI is InChI=1S/C21H19N3.C4H4O4/c1-2-6-17-15(5-1)11-14-24-19-8-4-3-7-18(19)23-21(24)20(17)16-9-12-22-13-10-16;5-3(6)1-2-4(7)8/h1-8,11,14,22H,9-10,12-13H2;1-2H,(H,5,6)(H,7,8)/b;2-1+. The number of imidazole rings is 1. The van der Waals surface area contributed by atoms with E-state index in [2.05, 4.69) is 70.7 Å². The molecule has 1 aromatic heterocycles. The fourth-order valence-electron chi connectivity index (χ4n) is 3.99. The largest absolute Gasteiger partial charge is 0.478 e. The van der Waals surface area contributed by atoms with Gasteiger partial charge in [-0.3, -0.25) is 4.57 Å². The number of para-hydroxylation sites is 2. The highest BCUT2D eigenvalue weighted by molar-refractivity contribution is 5.93. The average Bonchev–Trinajstić information content (AvgIpc) is 3.08. The second-order valence-electron chi connectivity index (χ2n) is 7.44. The van der Waals surface area contributed by atoms with E-state index < -0.39 is 11.9 Å². The van der Waals surface area contributed by atoms with Gasteiger partial charge >= 0.3 is 11.9 Å². The summed E-state index contributed by atoms with van der Waals surface area (Å²) in [5, 5.41) is 19.1. The van der Waals surface area contributed by atoms with Gasteiger partial charge < -0.3 is 15.5 Å². The molecule has 0 bridgehead atoms. The maximum atomic E-state index is 9.55. The van der Waals surface area contributed by atoms with Crippen molar-refractivity contribution in [3.63, 3.8) is 0 Å². The van der Waals surface area contributed by atoms with Crippen molar-refractivity contribution in [1.82, 2.24) is 14.9 Å². The van der Waals surface area contributed by atoms with Crippen LogP contribution in [0.4, 0.5) is 0 Å². The predicted molar refractivity (Wildman–Crippen MR) is 124 cm³/mol. The van der Waals surface area contributed by atoms with Crippen LogP contribution in [0.25, 0.3) is 28.9 Å². The van der Waals surface area contributed by atoms with Crippen molar-refractivity contribution in [2.75, 3.05) is 13.1 Å². The van der Waals surface area contributed by atoms with Gasteiger partial charge in [0.15, 0.2) is 0 Å². The summed E-state index contributed by atoms with van der Waals surface area (Å²) in [6.45, 7) is 2.10. The highest BCUT2D eigenvalue weighted by Crippen LogP contribution is 2.36. The van der Waals surface area contributed by atoms with Crippen LogP contribution in [0.5, 0.6) is 0 Å². The van der Waals surface area contributed by atoms with Crippen LogP contribution in [0, 0.1) is 0 Å². The second-order valence-corrected chi connectivity index (χ2v) is 7.44. The van der Waals surface area contributed by atoms with Crippen LogP contribution in [0.15, 0.2) is 66.3 Å². The first-order valence-electron chi connectivity index (χ1n) is 10.4. The first-order valence-corrected chi connectivity index (χ1v) is 10.4. The Kier molecular flexibility index (Phi) is 6.28. The number of carbonyl (C=O) groups is 2. The van der Waals surface area contributed by atoms with E-state index in [1.807, 2.05) is 0 Å². The topological polar surface area (TPSA) is 104 Å². The van der Waals surface area contributed by atoms with Gasteiger partial charge in [0.2, 0.25) is 0 Å². The van der Waals surface area contributed by atoms with Crippen molar-refractivity contribution in [1.29, 1.82) is 0 Å². The molecule has 2 aliphatic rings. The van der Waals surface area contributed by atoms with Gasteiger partial charge in [0, 0.05) is 23.9 Å². The van der Waals surface area contributed by atoms with Crippen molar-refractivity contribution in [3.8, 4) is 0 Å². The van der Waals surface area contributed by atoms with E-state index >= 15 is 0 Å². The number of hydrogen-bond donors (Lipinski definition) is 3. The first-order chi connectivity index (χ1) is 15.5. The van der Waals surface area contributed by atoms with Crippen LogP contribution in [-0.4, -0.2) is 44.8 Å². The molecule has 7 heteroatoms. The number of nitrogens with one attached hydrogen (secondary N) is 1. The third kappa shape index (κ3) is 4.53. The summed E-state index contributed by atoms with van der Waals surface area (Å²) >= 11 is 0. The molecule has 1 fully saturated rings. The Hall–Kier alpha value is -3.97. The number of benzene rings is 2. The molecule has 0 saturated carbocycles. The molecule has 0 aliphatic carbocycles. The third-order valence-electron chi connectivity index (χ3n) is 5.38. The minimum absolute atomic E-state index is 0.558. The summed E-state index contributed by atoms with van der Waals surface area (Å²) < 4.78 is 2.25. The number of hydrogen-bond acceptors (Lipinski definition) is 4. The average molecular weight is 429 g/mol. The number of nitrogens with zero attached hydrogens (tertiary/aromatic N) is 2. The van der Waals surface area contributed by atoms with Gasteiger partial charge in [0.25, 0.3) is 0 Å². The molecule has 32 heavy (non-hydrogen) atoms. The molecule has 0 atom stereocenters. The molecule has 2 aliphatic heterocycles. The SMILES string of the molecule is C1=Cn2c(nc3ccccc32)C(=C2CCNCC2)c2ccccc21.O=C(O)/C=C/C(=O)O. The lowest BCUT2D eigenvalue weighted by Gasteiger charge is -2.20. The minimum Gasteiger partial charge on any atom is -0.478 e. The number of fused-ring (bicyclic) bond motifs is 4. The normalized spacial score (nSPS) is 15.0. The molecular formula is C25H23N3O4. The van der Waals surface area contributed by atoms with Gasteiger partial charge in [-0.2, -0.15) is 0 Å². The molecule has 2 aromatic carbocycles. The molecule has 0 radical (unpaired) electrons. The lowest BCUT2D eigenvalue weighted by molar-refractivity contribution is -0.134. The predicted octanol–water partition coefficient (Wildman–Crippen LogP) is 3.87. The molecule has 5 rings (SSSR count). The van der Waals surface area contributed by atoms with E-state index in [4.69, 9.17) is 15.2 Å². The first kappa shape index (κ1) is 21.3. The van der Waals surface area contributed by atoms with E-state index in [0.29, 0.717) is 12.2 Å². The fraction of sp³-hybridized carbons (Fsp3) is 0.160. The van der Waals surface area contributed by atoms with Crippen molar-refractivity contribution in [2.45, 2.75) is 12.8 Å². The number of aliphatic carboxylic acids is 2. The summed E-state index contributed by atoms with van der Waals surface area (Å²) in [4.78, 5) is 24.1. The highest BCUT2D eigenvalue weighted by Gasteiger charge is 2.23. The van der Waals surface area contributed by atoms with Crippen LogP contribution < -0.4 is 5.32 Å². The van der Waals surface area contributed by atoms with Gasteiger partial charge in [-0.25, -0.2) is 14.6 Å². The summed E-state index contributed by atoms with van der Waals surface area (Å²) in [5.41, 5.74) is 7.65. The van der Waals surface area contributed by atoms with E-state index in [9.17, 15) is 9.59 Å². The van der Waals surface area contributed by atoms with E-state index in [0.717, 1.165) is 37.3 Å². The van der Waals surface area contributed by atoms with Crippen LogP contribution >= 0.6 is 0 Å². The zero-order valence-electron chi connectivity index (χ0n) is 17.4. The van der Waals surface area contributed by atoms with Crippen molar-refractivity contribution >= 4 is 40.8 Å². The van der Waals surface area contributed by atoms with Gasteiger partial charge in [-0.05, 0) is 55.3 Å². The maximum Gasteiger partial charge on any atom is 0.328 e. The van der Waals surface area contributed by atoms with E-state index in [1.165, 1.54) is 27.8 Å². The van der Waals surface area contributed by atoms with Crippen molar-refractivity contribution in [3.05, 3.63) is 83.2 Å². The Morgan fingerprint density at radius 2 is 1.59 bits per heavy atom. The molecule has 3 aromatic rings. The Labute approximate surface area is 185 Å². The smallest absolute Gasteiger partial charge is 0.328 e. The molecule has 3 N–H and O–H groups in total. The molecule has 0 spiro atoms. The molecule has 1 saturated heterocycles. The summed E-state index contributed by atoms with van der Waals surface area (Å²) in [6.07, 6.45) is 7.67. The van der Waals surface area contributed by atoms with E-state index in [-0.39, 0.29) is 0 Å². The Morgan fingerprint density at radius 3 is 2.31 bits per heavy atom. The van der Waals surface area contributed by atoms with Crippen LogP contribution in [0.2, 0.25) is 0 Å². The Morgan fingerprint density at radius 1 is 0.938 bits per heavy atom. The molecule has 162 valence electrons. The molecule has 7 nitrogen and oxygen atoms in total. The second kappa shape index (κ2) is 9.45. The molecule has 0 unspecified atom stereocenters. The summed E-state index contributed by atoms with van der Waals surface area (Å²) in [6, 6.07) is 17.1. The summed E-state index contributed by atoms with van der Waals surface area (Å²) in [7, 11) is 0. The third-order valence-corrected chi connectivity index (χ3v) is 5.38. The number of piperidine rings is 1. The zero-order chi connectivity index (χ0) is 22.5. The number of carboxylic acids is 2. The van der Waals surface area contributed by atoms with Crippen LogP contribution in [0.1, 0.15) is 29.8 Å². The van der Waals surface area contributed by atoms with Crippen molar-refractivity contribution in [2.24, 2.45) is 0 Å². The zero-order valence-corrected chi connectivity index (χ0v) is 17.4. The maximum absolute atomic E-state index is 9.55. The summed E-state index contributed by atoms with van der Waals surface area (Å²) in [5.74, 6) is -1.44. The monoisotopic (exact) mass is 429 g/mol. The Balaban J connectivity index is 0.000000265. The molecular weight excluding hydrogens is 406 g/mol. The van der Waals surface area contributed by atoms with Gasteiger partial charge in [0.05, 0.1) is 11.0 Å².